The average Bonchev–Trinajstić information content (AvgIpc) is 2.48. The number of nitrogens with one attached hydrogen (secondary N) is 1. The van der Waals surface area contributed by atoms with Crippen LogP contribution in [0, 0.1) is 6.92 Å². The fourth-order valence-electron chi connectivity index (χ4n) is 1.86. The van der Waals surface area contributed by atoms with Gasteiger partial charge in [-0.1, -0.05) is 11.6 Å². The summed E-state index contributed by atoms with van der Waals surface area (Å²) in [5.74, 6) is -1.24. The number of pyridine rings is 1. The SMILES string of the molecule is COc1cnccc1C(=O)Nc1ccc(C)cc1C(=O)O. The number of methoxy groups -OCH3 is 1. The van der Waals surface area contributed by atoms with Crippen LogP contribution in [0.25, 0.3) is 0 Å². The van der Waals surface area contributed by atoms with E-state index in [0.29, 0.717) is 5.75 Å². The topological polar surface area (TPSA) is 88.5 Å². The van der Waals surface area contributed by atoms with Crippen LogP contribution in [0.2, 0.25) is 0 Å². The van der Waals surface area contributed by atoms with Crippen LogP contribution in [0.4, 0.5) is 5.69 Å². The summed E-state index contributed by atoms with van der Waals surface area (Å²) in [6, 6.07) is 6.29. The maximum Gasteiger partial charge on any atom is 0.337 e. The van der Waals surface area contributed by atoms with Crippen molar-refractivity contribution < 1.29 is 19.4 Å². The molecule has 1 amide bonds. The molecule has 6 nitrogen and oxygen atoms in total. The van der Waals surface area contributed by atoms with Crippen LogP contribution in [-0.4, -0.2) is 29.1 Å². The molecule has 0 saturated heterocycles. The lowest BCUT2D eigenvalue weighted by Gasteiger charge is -2.11. The molecule has 0 aliphatic rings. The minimum atomic E-state index is -1.10. The number of aromatic nitrogens is 1. The summed E-state index contributed by atoms with van der Waals surface area (Å²) >= 11 is 0. The van der Waals surface area contributed by atoms with E-state index in [0.717, 1.165) is 5.56 Å². The number of ether oxygens (including phenoxy) is 1. The molecule has 21 heavy (non-hydrogen) atoms. The Morgan fingerprint density at radius 2 is 2.00 bits per heavy atom. The first-order chi connectivity index (χ1) is 10.0. The third kappa shape index (κ3) is 3.17. The first-order valence-electron chi connectivity index (χ1n) is 6.16. The lowest BCUT2D eigenvalue weighted by molar-refractivity contribution is 0.0698. The Balaban J connectivity index is 2.34. The third-order valence-electron chi connectivity index (χ3n) is 2.90. The normalized spacial score (nSPS) is 10.0. The molecule has 0 bridgehead atoms. The van der Waals surface area contributed by atoms with Crippen LogP contribution in [0.1, 0.15) is 26.3 Å². The number of carboxylic acid groups (broad SMARTS) is 1. The zero-order valence-electron chi connectivity index (χ0n) is 11.6. The van der Waals surface area contributed by atoms with Crippen molar-refractivity contribution in [3.05, 3.63) is 53.3 Å². The summed E-state index contributed by atoms with van der Waals surface area (Å²) in [6.07, 6.45) is 2.88. The highest BCUT2D eigenvalue weighted by atomic mass is 16.5. The highest BCUT2D eigenvalue weighted by molar-refractivity contribution is 6.09. The van der Waals surface area contributed by atoms with E-state index in [9.17, 15) is 14.7 Å². The second-order valence-corrected chi connectivity index (χ2v) is 4.38. The van der Waals surface area contributed by atoms with Gasteiger partial charge in [-0.05, 0) is 25.1 Å². The fourth-order valence-corrected chi connectivity index (χ4v) is 1.86. The van der Waals surface area contributed by atoms with Crippen LogP contribution < -0.4 is 10.1 Å². The van der Waals surface area contributed by atoms with Crippen molar-refractivity contribution in [1.82, 2.24) is 4.98 Å². The molecular formula is C15H14N2O4. The first kappa shape index (κ1) is 14.5. The lowest BCUT2D eigenvalue weighted by atomic mass is 10.1. The van der Waals surface area contributed by atoms with Gasteiger partial charge in [0, 0.05) is 6.20 Å². The predicted octanol–water partition coefficient (Wildman–Crippen LogP) is 2.35. The molecule has 1 aromatic heterocycles. The Hall–Kier alpha value is -2.89. The van der Waals surface area contributed by atoms with Gasteiger partial charge in [-0.2, -0.15) is 0 Å². The van der Waals surface area contributed by atoms with E-state index < -0.39 is 11.9 Å². The second-order valence-electron chi connectivity index (χ2n) is 4.38. The Bertz CT molecular complexity index is 698. The van der Waals surface area contributed by atoms with E-state index >= 15 is 0 Å². The van der Waals surface area contributed by atoms with E-state index in [2.05, 4.69) is 10.3 Å². The number of nitrogens with zero attached hydrogens (tertiary/aromatic N) is 1. The molecule has 0 unspecified atom stereocenters. The Morgan fingerprint density at radius 3 is 2.67 bits per heavy atom. The molecule has 0 spiro atoms. The monoisotopic (exact) mass is 286 g/mol. The highest BCUT2D eigenvalue weighted by Gasteiger charge is 2.16. The quantitative estimate of drug-likeness (QED) is 0.900. The Morgan fingerprint density at radius 1 is 1.24 bits per heavy atom. The van der Waals surface area contributed by atoms with Crippen molar-refractivity contribution in [3.8, 4) is 5.75 Å². The lowest BCUT2D eigenvalue weighted by Crippen LogP contribution is -2.16. The minimum absolute atomic E-state index is 0.0383. The molecule has 6 heteroatoms. The number of amides is 1. The van der Waals surface area contributed by atoms with Gasteiger partial charge in [0.05, 0.1) is 30.1 Å². The maximum atomic E-state index is 12.2. The highest BCUT2D eigenvalue weighted by Crippen LogP contribution is 2.21. The number of carboxylic acids is 1. The molecule has 0 radical (unpaired) electrons. The standard InChI is InChI=1S/C15H14N2O4/c1-9-3-4-12(11(7-9)15(19)20)17-14(18)10-5-6-16-8-13(10)21-2/h3-8H,1-2H3,(H,17,18)(H,19,20). The summed E-state index contributed by atoms with van der Waals surface area (Å²) in [5, 5.41) is 11.8. The van der Waals surface area contributed by atoms with E-state index in [-0.39, 0.29) is 16.8 Å². The van der Waals surface area contributed by atoms with E-state index in [1.165, 1.54) is 31.6 Å². The van der Waals surface area contributed by atoms with Gasteiger partial charge in [0.15, 0.2) is 0 Å². The molecule has 0 aliphatic carbocycles. The average molecular weight is 286 g/mol. The largest absolute Gasteiger partial charge is 0.494 e. The number of hydrogen-bond donors (Lipinski definition) is 2. The van der Waals surface area contributed by atoms with E-state index in [1.54, 1.807) is 19.1 Å². The van der Waals surface area contributed by atoms with Gasteiger partial charge < -0.3 is 15.2 Å². The van der Waals surface area contributed by atoms with Gasteiger partial charge in [0.25, 0.3) is 5.91 Å². The summed E-state index contributed by atoms with van der Waals surface area (Å²) in [7, 11) is 1.43. The van der Waals surface area contributed by atoms with Crippen molar-refractivity contribution in [3.63, 3.8) is 0 Å². The van der Waals surface area contributed by atoms with Gasteiger partial charge >= 0.3 is 5.97 Å². The van der Waals surface area contributed by atoms with Crippen LogP contribution in [0.3, 0.4) is 0 Å². The summed E-state index contributed by atoms with van der Waals surface area (Å²) in [5.41, 5.74) is 1.35. The Labute approximate surface area is 121 Å². The fraction of sp³-hybridized carbons (Fsp3) is 0.133. The molecule has 2 aromatic rings. The van der Waals surface area contributed by atoms with E-state index in [1.807, 2.05) is 0 Å². The summed E-state index contributed by atoms with van der Waals surface area (Å²) in [6.45, 7) is 1.78. The van der Waals surface area contributed by atoms with Crippen LogP contribution in [0.15, 0.2) is 36.7 Å². The van der Waals surface area contributed by atoms with Gasteiger partial charge in [-0.25, -0.2) is 4.79 Å². The maximum absolute atomic E-state index is 12.2. The molecular weight excluding hydrogens is 272 g/mol. The zero-order chi connectivity index (χ0) is 15.4. The number of aryl methyl sites for hydroxylation is 1. The van der Waals surface area contributed by atoms with Crippen molar-refractivity contribution >= 4 is 17.6 Å². The molecule has 1 heterocycles. The van der Waals surface area contributed by atoms with Crippen molar-refractivity contribution in [1.29, 1.82) is 0 Å². The first-order valence-corrected chi connectivity index (χ1v) is 6.16. The molecule has 2 N–H and O–H groups in total. The molecule has 0 fully saturated rings. The third-order valence-corrected chi connectivity index (χ3v) is 2.90. The Kier molecular flexibility index (Phi) is 4.18. The number of carbonyl (C=O) groups is 2. The number of benzene rings is 1. The molecule has 0 atom stereocenters. The zero-order valence-corrected chi connectivity index (χ0v) is 11.6. The van der Waals surface area contributed by atoms with Gasteiger partial charge in [-0.3, -0.25) is 9.78 Å². The number of carbonyl (C=O) groups excluding carboxylic acids is 1. The smallest absolute Gasteiger partial charge is 0.337 e. The van der Waals surface area contributed by atoms with Gasteiger partial charge in [-0.15, -0.1) is 0 Å². The molecule has 108 valence electrons. The second kappa shape index (κ2) is 6.04. The van der Waals surface area contributed by atoms with Crippen LogP contribution >= 0.6 is 0 Å². The van der Waals surface area contributed by atoms with Crippen molar-refractivity contribution in [2.24, 2.45) is 0 Å². The van der Waals surface area contributed by atoms with Gasteiger partial charge in [0.1, 0.15) is 5.75 Å². The molecule has 0 saturated carbocycles. The predicted molar refractivity (Wildman–Crippen MR) is 76.9 cm³/mol. The van der Waals surface area contributed by atoms with E-state index in [4.69, 9.17) is 4.74 Å². The number of hydrogen-bond acceptors (Lipinski definition) is 4. The van der Waals surface area contributed by atoms with Crippen molar-refractivity contribution in [2.75, 3.05) is 12.4 Å². The summed E-state index contributed by atoms with van der Waals surface area (Å²) < 4.78 is 5.06. The summed E-state index contributed by atoms with van der Waals surface area (Å²) in [4.78, 5) is 27.3. The minimum Gasteiger partial charge on any atom is -0.494 e. The van der Waals surface area contributed by atoms with Crippen molar-refractivity contribution in [2.45, 2.75) is 6.92 Å². The number of anilines is 1. The van der Waals surface area contributed by atoms with Gasteiger partial charge in [0.2, 0.25) is 0 Å². The van der Waals surface area contributed by atoms with Crippen LogP contribution in [0.5, 0.6) is 5.75 Å². The van der Waals surface area contributed by atoms with Crippen LogP contribution in [-0.2, 0) is 0 Å². The number of rotatable bonds is 4. The number of aromatic carboxylic acids is 1. The molecule has 0 aliphatic heterocycles. The molecule has 1 aromatic carbocycles. The molecule has 2 rings (SSSR count).